The van der Waals surface area contributed by atoms with Crippen molar-refractivity contribution in [3.8, 4) is 5.75 Å². The minimum absolute atomic E-state index is 0.307. The fourth-order valence-electron chi connectivity index (χ4n) is 2.31. The quantitative estimate of drug-likeness (QED) is 0.854. The molecule has 3 nitrogen and oxygen atoms in total. The van der Waals surface area contributed by atoms with Crippen LogP contribution in [0, 0.1) is 0 Å². The summed E-state index contributed by atoms with van der Waals surface area (Å²) >= 11 is 0. The van der Waals surface area contributed by atoms with Crippen LogP contribution in [0.25, 0.3) is 0 Å². The van der Waals surface area contributed by atoms with Crippen molar-refractivity contribution in [2.75, 3.05) is 31.4 Å². The molecule has 0 fully saturated rings. The van der Waals surface area contributed by atoms with Gasteiger partial charge in [0.05, 0.1) is 13.2 Å². The molecule has 1 N–H and O–H groups in total. The van der Waals surface area contributed by atoms with Gasteiger partial charge in [-0.05, 0) is 48.4 Å². The van der Waals surface area contributed by atoms with Crippen LogP contribution >= 0.6 is 0 Å². The van der Waals surface area contributed by atoms with E-state index in [1.165, 1.54) is 11.3 Å². The zero-order valence-electron chi connectivity index (χ0n) is 13.3. The van der Waals surface area contributed by atoms with E-state index < -0.39 is 0 Å². The lowest BCUT2D eigenvalue weighted by Gasteiger charge is -2.20. The van der Waals surface area contributed by atoms with Gasteiger partial charge in [-0.1, -0.05) is 19.1 Å². The van der Waals surface area contributed by atoms with Gasteiger partial charge in [0.1, 0.15) is 5.75 Å². The maximum absolute atomic E-state index is 5.21. The number of ether oxygens (including phenoxy) is 1. The molecule has 1 atom stereocenters. The molecular weight excluding hydrogens is 260 g/mol. The Balaban J connectivity index is 2.10. The van der Waals surface area contributed by atoms with Gasteiger partial charge in [-0.3, -0.25) is 0 Å². The van der Waals surface area contributed by atoms with Crippen LogP contribution in [0.2, 0.25) is 0 Å². The maximum Gasteiger partial charge on any atom is 0.118 e. The molecule has 0 amide bonds. The topological polar surface area (TPSA) is 24.5 Å². The number of nitrogens with zero attached hydrogens (tertiary/aromatic N) is 1. The molecule has 2 aromatic carbocycles. The third-order valence-corrected chi connectivity index (χ3v) is 3.65. The molecule has 0 saturated carbocycles. The smallest absolute Gasteiger partial charge is 0.118 e. The summed E-state index contributed by atoms with van der Waals surface area (Å²) in [5, 5.41) is 3.59. The van der Waals surface area contributed by atoms with E-state index in [4.69, 9.17) is 4.74 Å². The summed E-state index contributed by atoms with van der Waals surface area (Å²) in [6.07, 6.45) is 1.03. The summed E-state index contributed by atoms with van der Waals surface area (Å²) in [5.41, 5.74) is 3.62. The van der Waals surface area contributed by atoms with Crippen LogP contribution in [0.4, 0.5) is 11.4 Å². The fourth-order valence-corrected chi connectivity index (χ4v) is 2.31. The molecular formula is C18H24N2O. The van der Waals surface area contributed by atoms with Crippen molar-refractivity contribution in [1.29, 1.82) is 0 Å². The van der Waals surface area contributed by atoms with E-state index >= 15 is 0 Å². The first-order valence-corrected chi connectivity index (χ1v) is 7.32. The third-order valence-electron chi connectivity index (χ3n) is 3.65. The van der Waals surface area contributed by atoms with Gasteiger partial charge in [-0.15, -0.1) is 0 Å². The largest absolute Gasteiger partial charge is 0.497 e. The highest BCUT2D eigenvalue weighted by Crippen LogP contribution is 2.25. The molecule has 0 aliphatic heterocycles. The molecule has 0 bridgehead atoms. The average Bonchev–Trinajstić information content (AvgIpc) is 2.53. The Bertz CT molecular complexity index is 546. The number of anilines is 2. The first kappa shape index (κ1) is 15.2. The predicted molar refractivity (Wildman–Crippen MR) is 90.4 cm³/mol. The van der Waals surface area contributed by atoms with Gasteiger partial charge in [-0.25, -0.2) is 0 Å². The van der Waals surface area contributed by atoms with Crippen LogP contribution in [0.5, 0.6) is 5.75 Å². The second-order valence-corrected chi connectivity index (χ2v) is 5.32. The summed E-state index contributed by atoms with van der Waals surface area (Å²) in [5.74, 6) is 0.893. The van der Waals surface area contributed by atoms with Crippen molar-refractivity contribution >= 4 is 11.4 Å². The first-order chi connectivity index (χ1) is 10.1. The molecule has 1 unspecified atom stereocenters. The van der Waals surface area contributed by atoms with Gasteiger partial charge in [0.25, 0.3) is 0 Å². The minimum Gasteiger partial charge on any atom is -0.497 e. The molecule has 0 aromatic heterocycles. The molecule has 0 aliphatic carbocycles. The average molecular weight is 284 g/mol. The van der Waals surface area contributed by atoms with Gasteiger partial charge >= 0.3 is 0 Å². The molecule has 0 saturated heterocycles. The van der Waals surface area contributed by atoms with Crippen LogP contribution in [0.3, 0.4) is 0 Å². The Morgan fingerprint density at radius 3 is 2.10 bits per heavy atom. The first-order valence-electron chi connectivity index (χ1n) is 7.32. The monoisotopic (exact) mass is 284 g/mol. The van der Waals surface area contributed by atoms with E-state index in [1.54, 1.807) is 7.11 Å². The summed E-state index contributed by atoms with van der Waals surface area (Å²) in [6, 6.07) is 17.1. The van der Waals surface area contributed by atoms with Crippen molar-refractivity contribution < 1.29 is 4.74 Å². The number of nitrogens with one attached hydrogen (secondary N) is 1. The molecule has 2 rings (SSSR count). The Labute approximate surface area is 127 Å². The van der Waals surface area contributed by atoms with E-state index in [1.807, 2.05) is 12.1 Å². The second-order valence-electron chi connectivity index (χ2n) is 5.32. The Morgan fingerprint density at radius 1 is 1.00 bits per heavy atom. The van der Waals surface area contributed by atoms with Crippen molar-refractivity contribution in [3.05, 3.63) is 54.1 Å². The fraction of sp³-hybridized carbons (Fsp3) is 0.333. The van der Waals surface area contributed by atoms with Gasteiger partial charge in [0.2, 0.25) is 0 Å². The van der Waals surface area contributed by atoms with Crippen LogP contribution in [-0.2, 0) is 0 Å². The standard InChI is InChI=1S/C18H24N2O/c1-5-18(14-6-12-17(21-4)13-7-14)19-15-8-10-16(11-9-15)20(2)3/h6-13,18-19H,5H2,1-4H3. The van der Waals surface area contributed by atoms with Crippen molar-refractivity contribution in [2.45, 2.75) is 19.4 Å². The van der Waals surface area contributed by atoms with E-state index in [9.17, 15) is 0 Å². The second kappa shape index (κ2) is 7.02. The molecule has 21 heavy (non-hydrogen) atoms. The van der Waals surface area contributed by atoms with Crippen molar-refractivity contribution in [1.82, 2.24) is 0 Å². The van der Waals surface area contributed by atoms with E-state index in [2.05, 4.69) is 67.6 Å². The minimum atomic E-state index is 0.307. The van der Waals surface area contributed by atoms with Gasteiger partial charge in [0, 0.05) is 25.5 Å². The van der Waals surface area contributed by atoms with Crippen molar-refractivity contribution in [2.24, 2.45) is 0 Å². The van der Waals surface area contributed by atoms with Crippen LogP contribution in [0.15, 0.2) is 48.5 Å². The molecule has 0 heterocycles. The number of benzene rings is 2. The summed E-state index contributed by atoms with van der Waals surface area (Å²) in [6.45, 7) is 2.19. The summed E-state index contributed by atoms with van der Waals surface area (Å²) in [4.78, 5) is 2.10. The lowest BCUT2D eigenvalue weighted by molar-refractivity contribution is 0.414. The lowest BCUT2D eigenvalue weighted by atomic mass is 10.0. The SMILES string of the molecule is CCC(Nc1ccc(N(C)C)cc1)c1ccc(OC)cc1. The highest BCUT2D eigenvalue weighted by atomic mass is 16.5. The molecule has 2 aromatic rings. The van der Waals surface area contributed by atoms with Gasteiger partial charge in [0.15, 0.2) is 0 Å². The summed E-state index contributed by atoms with van der Waals surface area (Å²) in [7, 11) is 5.79. The Hall–Kier alpha value is -2.16. The Kier molecular flexibility index (Phi) is 5.09. The molecule has 0 spiro atoms. The molecule has 0 aliphatic rings. The van der Waals surface area contributed by atoms with Crippen LogP contribution in [0.1, 0.15) is 24.9 Å². The van der Waals surface area contributed by atoms with Crippen LogP contribution in [-0.4, -0.2) is 21.2 Å². The zero-order valence-corrected chi connectivity index (χ0v) is 13.3. The molecule has 112 valence electrons. The maximum atomic E-state index is 5.21. The van der Waals surface area contributed by atoms with Crippen LogP contribution < -0.4 is 15.0 Å². The summed E-state index contributed by atoms with van der Waals surface area (Å²) < 4.78 is 5.21. The molecule has 3 heteroatoms. The van der Waals surface area contributed by atoms with E-state index in [0.717, 1.165) is 17.9 Å². The van der Waals surface area contributed by atoms with Gasteiger partial charge < -0.3 is 15.0 Å². The Morgan fingerprint density at radius 2 is 1.62 bits per heavy atom. The number of hydrogen-bond donors (Lipinski definition) is 1. The van der Waals surface area contributed by atoms with E-state index in [-0.39, 0.29) is 0 Å². The zero-order chi connectivity index (χ0) is 15.2. The normalized spacial score (nSPS) is 11.8. The molecule has 0 radical (unpaired) electrons. The van der Waals surface area contributed by atoms with Gasteiger partial charge in [-0.2, -0.15) is 0 Å². The highest BCUT2D eigenvalue weighted by molar-refractivity contribution is 5.55. The number of rotatable bonds is 6. The van der Waals surface area contributed by atoms with Crippen molar-refractivity contribution in [3.63, 3.8) is 0 Å². The lowest BCUT2D eigenvalue weighted by Crippen LogP contribution is -2.11. The highest BCUT2D eigenvalue weighted by Gasteiger charge is 2.09. The number of methoxy groups -OCH3 is 1. The number of hydrogen-bond acceptors (Lipinski definition) is 3. The predicted octanol–water partition coefficient (Wildman–Crippen LogP) is 4.32. The third kappa shape index (κ3) is 3.91. The van der Waals surface area contributed by atoms with E-state index in [0.29, 0.717) is 6.04 Å².